The Labute approximate surface area is 85.5 Å². The minimum Gasteiger partial charge on any atom is -0.284 e. The van der Waals surface area contributed by atoms with Gasteiger partial charge in [-0.25, -0.2) is 4.39 Å². The largest absolute Gasteiger partial charge is 0.302 e. The molecule has 0 radical (unpaired) electrons. The molecule has 0 saturated heterocycles. The van der Waals surface area contributed by atoms with Crippen LogP contribution < -0.4 is 0 Å². The summed E-state index contributed by atoms with van der Waals surface area (Å²) in [7, 11) is 0. The topological polar surface area (TPSA) is 46.5 Å². The first-order chi connectivity index (χ1) is 6.08. The van der Waals surface area contributed by atoms with Crippen molar-refractivity contribution in [3.8, 4) is 0 Å². The fourth-order valence-corrected chi connectivity index (χ4v) is 1.56. The summed E-state index contributed by atoms with van der Waals surface area (Å²) in [5, 5.41) is 0. The Balaban J connectivity index is 2.71. The zero-order valence-electron chi connectivity index (χ0n) is 6.37. The molecule has 72 valence electrons. The average Bonchev–Trinajstić information content (AvgIpc) is 1.99. The number of hydrogen-bond donors (Lipinski definition) is 1. The van der Waals surface area contributed by atoms with Crippen LogP contribution in [0.4, 0.5) is 4.39 Å². The quantitative estimate of drug-likeness (QED) is 0.856. The molecule has 6 heteroatoms. The molecule has 1 rings (SSSR count). The summed E-state index contributed by atoms with van der Waals surface area (Å²) >= 11 is 0.769. The summed E-state index contributed by atoms with van der Waals surface area (Å²) in [6, 6.07) is 4.13. The van der Waals surface area contributed by atoms with Gasteiger partial charge in [-0.2, -0.15) is 4.21 Å². The second kappa shape index (κ2) is 4.80. The molecule has 0 aromatic heterocycles. The highest BCUT2D eigenvalue weighted by Crippen LogP contribution is 2.15. The summed E-state index contributed by atoms with van der Waals surface area (Å²) in [5.41, 5.74) is 0.495. The lowest BCUT2D eigenvalue weighted by atomic mass is 10.2. The van der Waals surface area contributed by atoms with Crippen LogP contribution in [0.5, 0.6) is 0 Å². The van der Waals surface area contributed by atoms with E-state index in [1.54, 1.807) is 6.07 Å². The van der Waals surface area contributed by atoms with Gasteiger partial charge in [0.1, 0.15) is 5.82 Å². The van der Waals surface area contributed by atoms with Crippen molar-refractivity contribution in [1.29, 1.82) is 0 Å². The monoisotopic (exact) mass is 268 g/mol. The van der Waals surface area contributed by atoms with Gasteiger partial charge in [0.2, 0.25) is 0 Å². The van der Waals surface area contributed by atoms with E-state index >= 15 is 0 Å². The van der Waals surface area contributed by atoms with Gasteiger partial charge in [0.15, 0.2) is 0 Å². The number of rotatable bonds is 3. The van der Waals surface area contributed by atoms with Gasteiger partial charge in [-0.3, -0.25) is 8.74 Å². The third kappa shape index (κ3) is 3.95. The van der Waals surface area contributed by atoms with E-state index in [1.807, 2.05) is 0 Å². The minimum atomic E-state index is -2.32. The Morgan fingerprint density at radius 2 is 2.23 bits per heavy atom. The minimum absolute atomic E-state index is 0.0977. The van der Waals surface area contributed by atoms with Gasteiger partial charge >= 0.3 is 11.4 Å². The maximum absolute atomic E-state index is 12.7. The summed E-state index contributed by atoms with van der Waals surface area (Å²) in [6.07, 6.45) is 0. The van der Waals surface area contributed by atoms with Crippen LogP contribution in [-0.4, -0.2) is 8.76 Å². The Hall–Kier alpha value is -0.300. The fraction of sp³-hybridized carbons (Fsp3) is 0.143. The third-order valence-corrected chi connectivity index (χ3v) is 2.03. The standard InChI is InChI=1S/C7H6BrFO3S/c8-6-1-5(2-7(9)3-6)4-12-13(10)11/h1-3H,4H2,(H,10,11). The second-order valence-corrected chi connectivity index (χ2v) is 3.84. The number of hydrogen-bond acceptors (Lipinski definition) is 2. The summed E-state index contributed by atoms with van der Waals surface area (Å²) < 4.78 is 36.1. The van der Waals surface area contributed by atoms with Crippen molar-refractivity contribution in [1.82, 2.24) is 0 Å². The highest BCUT2D eigenvalue weighted by Gasteiger charge is 2.00. The van der Waals surface area contributed by atoms with Gasteiger partial charge in [0.25, 0.3) is 0 Å². The maximum Gasteiger partial charge on any atom is 0.302 e. The van der Waals surface area contributed by atoms with Crippen molar-refractivity contribution in [2.75, 3.05) is 0 Å². The van der Waals surface area contributed by atoms with Gasteiger partial charge in [-0.05, 0) is 23.8 Å². The predicted octanol–water partition coefficient (Wildman–Crippen LogP) is 2.24. The van der Waals surface area contributed by atoms with Crippen LogP contribution in [0, 0.1) is 5.82 Å². The van der Waals surface area contributed by atoms with Gasteiger partial charge < -0.3 is 0 Å². The molecule has 1 N–H and O–H groups in total. The van der Waals surface area contributed by atoms with E-state index in [-0.39, 0.29) is 6.61 Å². The molecule has 0 fully saturated rings. The maximum atomic E-state index is 12.7. The highest BCUT2D eigenvalue weighted by atomic mass is 79.9. The summed E-state index contributed by atoms with van der Waals surface area (Å²) in [6.45, 7) is -0.0977. The van der Waals surface area contributed by atoms with Gasteiger partial charge in [-0.1, -0.05) is 15.9 Å². The second-order valence-electron chi connectivity index (χ2n) is 2.26. The van der Waals surface area contributed by atoms with Crippen molar-refractivity contribution in [3.63, 3.8) is 0 Å². The first-order valence-corrected chi connectivity index (χ1v) is 5.09. The molecule has 0 amide bonds. The molecular formula is C7H6BrFO3S. The molecule has 0 aliphatic carbocycles. The summed E-state index contributed by atoms with van der Waals surface area (Å²) in [5.74, 6) is -0.420. The molecule has 1 atom stereocenters. The Morgan fingerprint density at radius 3 is 2.77 bits per heavy atom. The van der Waals surface area contributed by atoms with E-state index < -0.39 is 17.2 Å². The highest BCUT2D eigenvalue weighted by molar-refractivity contribution is 9.10. The van der Waals surface area contributed by atoms with Crippen LogP contribution in [0.2, 0.25) is 0 Å². The lowest BCUT2D eigenvalue weighted by molar-refractivity contribution is 0.296. The molecule has 1 unspecified atom stereocenters. The van der Waals surface area contributed by atoms with E-state index in [2.05, 4.69) is 20.1 Å². The van der Waals surface area contributed by atoms with E-state index in [9.17, 15) is 8.60 Å². The van der Waals surface area contributed by atoms with E-state index in [0.29, 0.717) is 10.0 Å². The average molecular weight is 269 g/mol. The molecule has 1 aromatic carbocycles. The number of benzene rings is 1. The van der Waals surface area contributed by atoms with Crippen LogP contribution in [0.15, 0.2) is 22.7 Å². The third-order valence-electron chi connectivity index (χ3n) is 1.25. The molecule has 13 heavy (non-hydrogen) atoms. The zero-order valence-corrected chi connectivity index (χ0v) is 8.77. The first-order valence-electron chi connectivity index (χ1n) is 3.27. The van der Waals surface area contributed by atoms with Crippen LogP contribution in [0.25, 0.3) is 0 Å². The van der Waals surface area contributed by atoms with Crippen molar-refractivity contribution in [3.05, 3.63) is 34.1 Å². The van der Waals surface area contributed by atoms with E-state index in [1.165, 1.54) is 12.1 Å². The van der Waals surface area contributed by atoms with E-state index in [4.69, 9.17) is 4.55 Å². The van der Waals surface area contributed by atoms with Crippen LogP contribution in [0.1, 0.15) is 5.56 Å². The van der Waals surface area contributed by atoms with Crippen molar-refractivity contribution >= 4 is 27.3 Å². The molecule has 0 spiro atoms. The van der Waals surface area contributed by atoms with Crippen molar-refractivity contribution in [2.24, 2.45) is 0 Å². The van der Waals surface area contributed by atoms with Gasteiger partial charge in [0.05, 0.1) is 6.61 Å². The molecule has 0 heterocycles. The van der Waals surface area contributed by atoms with Crippen LogP contribution in [-0.2, 0) is 22.2 Å². The van der Waals surface area contributed by atoms with Crippen LogP contribution >= 0.6 is 15.9 Å². The smallest absolute Gasteiger partial charge is 0.284 e. The lowest BCUT2D eigenvalue weighted by Gasteiger charge is -2.00. The van der Waals surface area contributed by atoms with Crippen molar-refractivity contribution < 1.29 is 17.3 Å². The first kappa shape index (κ1) is 10.8. The molecule has 1 aromatic rings. The fourth-order valence-electron chi connectivity index (χ4n) is 0.813. The predicted molar refractivity (Wildman–Crippen MR) is 49.7 cm³/mol. The van der Waals surface area contributed by atoms with Crippen LogP contribution in [0.3, 0.4) is 0 Å². The Kier molecular flexibility index (Phi) is 3.98. The lowest BCUT2D eigenvalue weighted by Crippen LogP contribution is -1.96. The SMILES string of the molecule is O=S(O)OCc1cc(F)cc(Br)c1. The molecule has 0 saturated carbocycles. The molecule has 0 aliphatic rings. The Bertz CT molecular complexity index is 311. The molecule has 0 bridgehead atoms. The van der Waals surface area contributed by atoms with Gasteiger partial charge in [-0.15, -0.1) is 0 Å². The Morgan fingerprint density at radius 1 is 1.54 bits per heavy atom. The zero-order chi connectivity index (χ0) is 9.84. The van der Waals surface area contributed by atoms with Gasteiger partial charge in [0, 0.05) is 4.47 Å². The molecule has 3 nitrogen and oxygen atoms in total. The normalized spacial score (nSPS) is 12.8. The van der Waals surface area contributed by atoms with Crippen molar-refractivity contribution in [2.45, 2.75) is 6.61 Å². The summed E-state index contributed by atoms with van der Waals surface area (Å²) in [4.78, 5) is 0. The molecular weight excluding hydrogens is 263 g/mol. The van der Waals surface area contributed by atoms with E-state index in [0.717, 1.165) is 0 Å². The molecule has 0 aliphatic heterocycles. The number of halogens is 2.